The summed E-state index contributed by atoms with van der Waals surface area (Å²) in [6.07, 6.45) is 1.93. The molecule has 6 heteroatoms. The Kier molecular flexibility index (Phi) is 4.44. The number of rotatable bonds is 4. The first-order chi connectivity index (χ1) is 12.5. The first-order valence-electron chi connectivity index (χ1n) is 8.63. The van der Waals surface area contributed by atoms with Crippen LogP contribution in [0.3, 0.4) is 0 Å². The molecule has 4 nitrogen and oxygen atoms in total. The topological polar surface area (TPSA) is 49.4 Å². The number of aryl methyl sites for hydroxylation is 1. The molecule has 1 aliphatic carbocycles. The van der Waals surface area contributed by atoms with E-state index < -0.39 is 0 Å². The molecule has 2 aromatic carbocycles. The lowest BCUT2D eigenvalue weighted by molar-refractivity contribution is -0.117. The van der Waals surface area contributed by atoms with Crippen LogP contribution in [0.5, 0.6) is 0 Å². The molecule has 26 heavy (non-hydrogen) atoms. The molecule has 1 aliphatic heterocycles. The van der Waals surface area contributed by atoms with E-state index in [1.54, 1.807) is 24.0 Å². The molecule has 0 radical (unpaired) electrons. The lowest BCUT2D eigenvalue weighted by Crippen LogP contribution is -2.28. The van der Waals surface area contributed by atoms with Gasteiger partial charge in [0.05, 0.1) is 5.75 Å². The summed E-state index contributed by atoms with van der Waals surface area (Å²) >= 11 is 1.52. The summed E-state index contributed by atoms with van der Waals surface area (Å²) in [6.45, 7) is 1.70. The van der Waals surface area contributed by atoms with Crippen LogP contribution in [0.15, 0.2) is 42.5 Å². The largest absolute Gasteiger partial charge is 0.326 e. The van der Waals surface area contributed by atoms with Crippen LogP contribution in [0, 0.1) is 18.7 Å². The summed E-state index contributed by atoms with van der Waals surface area (Å²) in [4.78, 5) is 25.9. The van der Waals surface area contributed by atoms with Crippen LogP contribution in [0.2, 0.25) is 0 Å². The first kappa shape index (κ1) is 17.1. The van der Waals surface area contributed by atoms with Crippen LogP contribution in [-0.4, -0.2) is 17.6 Å². The number of halogens is 1. The zero-order valence-corrected chi connectivity index (χ0v) is 15.2. The van der Waals surface area contributed by atoms with E-state index in [-0.39, 0.29) is 28.9 Å². The fraction of sp³-hybridized carbons (Fsp3) is 0.300. The number of anilines is 2. The molecule has 134 valence electrons. The Hall–Kier alpha value is -2.34. The van der Waals surface area contributed by atoms with Crippen molar-refractivity contribution in [3.63, 3.8) is 0 Å². The van der Waals surface area contributed by atoms with Crippen LogP contribution in [0.4, 0.5) is 15.8 Å². The number of thioether (sulfide) groups is 1. The van der Waals surface area contributed by atoms with Gasteiger partial charge in [-0.3, -0.25) is 14.5 Å². The Labute approximate surface area is 155 Å². The van der Waals surface area contributed by atoms with Crippen LogP contribution in [0.1, 0.15) is 29.3 Å². The van der Waals surface area contributed by atoms with Gasteiger partial charge in [-0.2, -0.15) is 0 Å². The molecule has 0 bridgehead atoms. The molecule has 1 saturated carbocycles. The quantitative estimate of drug-likeness (QED) is 0.875. The number of carbonyl (C=O) groups is 2. The zero-order chi connectivity index (χ0) is 18.3. The fourth-order valence-electron chi connectivity index (χ4n) is 3.00. The van der Waals surface area contributed by atoms with Crippen LogP contribution in [-0.2, 0) is 9.59 Å². The van der Waals surface area contributed by atoms with Crippen molar-refractivity contribution >= 4 is 35.0 Å². The molecule has 1 atom stereocenters. The Morgan fingerprint density at radius 1 is 1.19 bits per heavy atom. The van der Waals surface area contributed by atoms with Crippen LogP contribution < -0.4 is 10.2 Å². The molecule has 1 saturated heterocycles. The van der Waals surface area contributed by atoms with Gasteiger partial charge in [0.1, 0.15) is 11.2 Å². The van der Waals surface area contributed by atoms with Crippen molar-refractivity contribution in [1.82, 2.24) is 0 Å². The molecule has 2 aromatic rings. The fourth-order valence-corrected chi connectivity index (χ4v) is 4.18. The van der Waals surface area contributed by atoms with Gasteiger partial charge in [0.25, 0.3) is 0 Å². The molecule has 0 unspecified atom stereocenters. The molecule has 2 aliphatic rings. The molecule has 2 amide bonds. The van der Waals surface area contributed by atoms with Gasteiger partial charge in [0.2, 0.25) is 11.8 Å². The van der Waals surface area contributed by atoms with Crippen molar-refractivity contribution in [1.29, 1.82) is 0 Å². The van der Waals surface area contributed by atoms with Crippen molar-refractivity contribution in [2.75, 3.05) is 16.0 Å². The molecular weight excluding hydrogens is 351 g/mol. The van der Waals surface area contributed by atoms with Gasteiger partial charge in [0, 0.05) is 17.3 Å². The van der Waals surface area contributed by atoms with Crippen molar-refractivity contribution in [3.8, 4) is 0 Å². The Bertz CT molecular complexity index is 865. The van der Waals surface area contributed by atoms with Crippen LogP contribution >= 0.6 is 11.8 Å². The molecule has 0 aromatic heterocycles. The Balaban J connectivity index is 1.56. The minimum absolute atomic E-state index is 0.0330. The zero-order valence-electron chi connectivity index (χ0n) is 14.4. The van der Waals surface area contributed by atoms with Gasteiger partial charge in [-0.15, -0.1) is 11.8 Å². The van der Waals surface area contributed by atoms with Gasteiger partial charge in [-0.25, -0.2) is 4.39 Å². The monoisotopic (exact) mass is 370 g/mol. The second kappa shape index (κ2) is 6.76. The number of nitrogens with zero attached hydrogens (tertiary/aromatic N) is 1. The first-order valence-corrected chi connectivity index (χ1v) is 9.68. The highest BCUT2D eigenvalue weighted by molar-refractivity contribution is 8.00. The Morgan fingerprint density at radius 2 is 1.92 bits per heavy atom. The lowest BCUT2D eigenvalue weighted by Gasteiger charge is -2.25. The minimum atomic E-state index is -0.316. The van der Waals surface area contributed by atoms with E-state index in [9.17, 15) is 14.0 Å². The van der Waals surface area contributed by atoms with E-state index >= 15 is 0 Å². The van der Waals surface area contributed by atoms with Crippen molar-refractivity contribution in [3.05, 3.63) is 59.4 Å². The summed E-state index contributed by atoms with van der Waals surface area (Å²) in [7, 11) is 0. The smallest absolute Gasteiger partial charge is 0.238 e. The molecule has 2 fully saturated rings. The summed E-state index contributed by atoms with van der Waals surface area (Å²) in [5, 5.41) is 2.71. The summed E-state index contributed by atoms with van der Waals surface area (Å²) in [6, 6.07) is 12.4. The average molecular weight is 370 g/mol. The number of carbonyl (C=O) groups excluding carboxylic acids is 2. The Morgan fingerprint density at radius 3 is 2.58 bits per heavy atom. The van der Waals surface area contributed by atoms with Crippen molar-refractivity contribution in [2.45, 2.75) is 25.1 Å². The normalized spacial score (nSPS) is 19.7. The number of hydrogen-bond donors (Lipinski definition) is 1. The van der Waals surface area contributed by atoms with Crippen LogP contribution in [0.25, 0.3) is 0 Å². The lowest BCUT2D eigenvalue weighted by atomic mass is 10.1. The summed E-state index contributed by atoms with van der Waals surface area (Å²) in [5.74, 6) is 0.239. The second-order valence-corrected chi connectivity index (χ2v) is 7.81. The highest BCUT2D eigenvalue weighted by Crippen LogP contribution is 2.42. The highest BCUT2D eigenvalue weighted by atomic mass is 32.2. The molecule has 1 N–H and O–H groups in total. The van der Waals surface area contributed by atoms with Gasteiger partial charge >= 0.3 is 0 Å². The van der Waals surface area contributed by atoms with Gasteiger partial charge in [0.15, 0.2) is 0 Å². The van der Waals surface area contributed by atoms with E-state index in [4.69, 9.17) is 0 Å². The minimum Gasteiger partial charge on any atom is -0.326 e. The summed E-state index contributed by atoms with van der Waals surface area (Å²) in [5.41, 5.74) is 2.83. The third-order valence-corrected chi connectivity index (χ3v) is 5.93. The van der Waals surface area contributed by atoms with E-state index in [1.165, 1.54) is 17.8 Å². The molecule has 4 rings (SSSR count). The highest BCUT2D eigenvalue weighted by Gasteiger charge is 2.34. The number of hydrogen-bond acceptors (Lipinski definition) is 3. The number of amides is 2. The maximum absolute atomic E-state index is 13.9. The predicted molar refractivity (Wildman–Crippen MR) is 102 cm³/mol. The second-order valence-electron chi connectivity index (χ2n) is 6.75. The molecule has 0 spiro atoms. The third-order valence-electron chi connectivity index (χ3n) is 4.71. The maximum atomic E-state index is 13.9. The SMILES string of the molecule is Cc1ccc(N2C(=O)CS[C@H]2c2ccc(NC(=O)C3CC3)cc2)cc1F. The van der Waals surface area contributed by atoms with Crippen molar-refractivity contribution in [2.24, 2.45) is 5.92 Å². The maximum Gasteiger partial charge on any atom is 0.238 e. The van der Waals surface area contributed by atoms with E-state index in [2.05, 4.69) is 5.32 Å². The van der Waals surface area contributed by atoms with Gasteiger partial charge in [-0.1, -0.05) is 18.2 Å². The van der Waals surface area contributed by atoms with Crippen molar-refractivity contribution < 1.29 is 14.0 Å². The molecular formula is C20H19FN2O2S. The average Bonchev–Trinajstić information content (AvgIpc) is 3.41. The standard InChI is InChI=1S/C20H19FN2O2S/c1-12-2-9-16(10-17(12)21)23-18(24)11-26-20(23)14-5-7-15(8-6-14)22-19(25)13-3-4-13/h2,5-10,13,20H,3-4,11H2,1H3,(H,22,25)/t20-/m0/s1. The summed E-state index contributed by atoms with van der Waals surface area (Å²) < 4.78 is 13.9. The van der Waals surface area contributed by atoms with Gasteiger partial charge in [-0.05, 0) is 55.2 Å². The number of benzene rings is 2. The van der Waals surface area contributed by atoms with E-state index in [1.807, 2.05) is 24.3 Å². The third kappa shape index (κ3) is 3.33. The van der Waals surface area contributed by atoms with E-state index in [0.717, 1.165) is 24.1 Å². The number of nitrogens with one attached hydrogen (secondary N) is 1. The van der Waals surface area contributed by atoms with Gasteiger partial charge < -0.3 is 5.32 Å². The molecule has 1 heterocycles. The predicted octanol–water partition coefficient (Wildman–Crippen LogP) is 4.26. The van der Waals surface area contributed by atoms with E-state index in [0.29, 0.717) is 17.0 Å².